The van der Waals surface area contributed by atoms with Gasteiger partial charge in [-0.25, -0.2) is 0 Å². The first-order chi connectivity index (χ1) is 10.1. The summed E-state index contributed by atoms with van der Waals surface area (Å²) in [5, 5.41) is 7.21. The van der Waals surface area contributed by atoms with E-state index >= 15 is 0 Å². The van der Waals surface area contributed by atoms with Gasteiger partial charge < -0.3 is 21.1 Å². The molecule has 1 amide bonds. The normalized spacial score (nSPS) is 10.2. The fraction of sp³-hybridized carbons (Fsp3) is 0.214. The molecule has 0 aliphatic heterocycles. The second kappa shape index (κ2) is 6.69. The SMILES string of the molecule is CNC(=O)c1sc(NCc2ccc(Cl)cc2)c(OC)c1N. The van der Waals surface area contributed by atoms with Gasteiger partial charge in [0.1, 0.15) is 15.6 Å². The molecule has 0 saturated carbocycles. The number of carbonyl (C=O) groups is 1. The third-order valence-electron chi connectivity index (χ3n) is 2.90. The van der Waals surface area contributed by atoms with Crippen molar-refractivity contribution >= 4 is 39.5 Å². The molecule has 21 heavy (non-hydrogen) atoms. The third kappa shape index (κ3) is 3.40. The van der Waals surface area contributed by atoms with Gasteiger partial charge >= 0.3 is 0 Å². The molecule has 1 aromatic heterocycles. The summed E-state index contributed by atoms with van der Waals surface area (Å²) >= 11 is 7.12. The number of amides is 1. The molecule has 1 aromatic carbocycles. The number of hydrogen-bond donors (Lipinski definition) is 3. The lowest BCUT2D eigenvalue weighted by Gasteiger charge is -2.07. The quantitative estimate of drug-likeness (QED) is 0.790. The van der Waals surface area contributed by atoms with Crippen LogP contribution in [0.5, 0.6) is 5.75 Å². The zero-order chi connectivity index (χ0) is 15.4. The van der Waals surface area contributed by atoms with Gasteiger partial charge in [0.15, 0.2) is 5.75 Å². The van der Waals surface area contributed by atoms with Crippen molar-refractivity contribution in [3.05, 3.63) is 39.7 Å². The predicted octanol–water partition coefficient (Wildman–Crippen LogP) is 2.96. The average molecular weight is 326 g/mol. The lowest BCUT2D eigenvalue weighted by molar-refractivity contribution is 0.0967. The van der Waals surface area contributed by atoms with Crippen LogP contribution in [0.15, 0.2) is 24.3 Å². The zero-order valence-corrected chi connectivity index (χ0v) is 13.3. The highest BCUT2D eigenvalue weighted by atomic mass is 35.5. The van der Waals surface area contributed by atoms with Gasteiger partial charge in [-0.15, -0.1) is 11.3 Å². The maximum absolute atomic E-state index is 11.7. The highest BCUT2D eigenvalue weighted by Crippen LogP contribution is 2.42. The summed E-state index contributed by atoms with van der Waals surface area (Å²) in [5.74, 6) is 0.267. The summed E-state index contributed by atoms with van der Waals surface area (Å²) in [6.45, 7) is 0.584. The Bertz CT molecular complexity index is 640. The Balaban J connectivity index is 2.19. The smallest absolute Gasteiger partial charge is 0.263 e. The van der Waals surface area contributed by atoms with Crippen LogP contribution in [0.2, 0.25) is 5.02 Å². The van der Waals surface area contributed by atoms with E-state index in [-0.39, 0.29) is 5.91 Å². The van der Waals surface area contributed by atoms with E-state index < -0.39 is 0 Å². The van der Waals surface area contributed by atoms with Gasteiger partial charge in [0.05, 0.1) is 7.11 Å². The summed E-state index contributed by atoms with van der Waals surface area (Å²) in [6, 6.07) is 7.51. The van der Waals surface area contributed by atoms with Gasteiger partial charge in [-0.05, 0) is 17.7 Å². The zero-order valence-electron chi connectivity index (χ0n) is 11.7. The largest absolute Gasteiger partial charge is 0.492 e. The van der Waals surface area contributed by atoms with E-state index in [4.69, 9.17) is 22.1 Å². The highest BCUT2D eigenvalue weighted by molar-refractivity contribution is 7.19. The number of nitrogen functional groups attached to an aromatic ring is 1. The Labute approximate surface area is 132 Å². The summed E-state index contributed by atoms with van der Waals surface area (Å²) < 4.78 is 5.28. The van der Waals surface area contributed by atoms with Gasteiger partial charge in [-0.2, -0.15) is 0 Å². The molecule has 0 unspecified atom stereocenters. The molecule has 0 aliphatic rings. The highest BCUT2D eigenvalue weighted by Gasteiger charge is 2.20. The van der Waals surface area contributed by atoms with Crippen molar-refractivity contribution in [3.63, 3.8) is 0 Å². The van der Waals surface area contributed by atoms with Crippen LogP contribution in [0, 0.1) is 0 Å². The van der Waals surface area contributed by atoms with Gasteiger partial charge in [-0.3, -0.25) is 4.79 Å². The average Bonchev–Trinajstić information content (AvgIpc) is 2.82. The fourth-order valence-electron chi connectivity index (χ4n) is 1.81. The van der Waals surface area contributed by atoms with Crippen molar-refractivity contribution in [1.29, 1.82) is 0 Å². The van der Waals surface area contributed by atoms with E-state index in [1.54, 1.807) is 7.05 Å². The number of thiophene rings is 1. The van der Waals surface area contributed by atoms with Crippen LogP contribution in [-0.4, -0.2) is 20.1 Å². The Morgan fingerprint density at radius 1 is 1.38 bits per heavy atom. The molecule has 2 rings (SSSR count). The molecule has 0 atom stereocenters. The molecule has 2 aromatic rings. The van der Waals surface area contributed by atoms with Crippen LogP contribution in [0.4, 0.5) is 10.7 Å². The van der Waals surface area contributed by atoms with Gasteiger partial charge in [0, 0.05) is 18.6 Å². The summed E-state index contributed by atoms with van der Waals surface area (Å²) in [7, 11) is 3.09. The number of benzene rings is 1. The number of methoxy groups -OCH3 is 1. The Kier molecular flexibility index (Phi) is 4.93. The maximum Gasteiger partial charge on any atom is 0.263 e. The molecule has 7 heteroatoms. The van der Waals surface area contributed by atoms with Gasteiger partial charge in [-0.1, -0.05) is 23.7 Å². The molecule has 0 bridgehead atoms. The van der Waals surface area contributed by atoms with Crippen molar-refractivity contribution in [2.45, 2.75) is 6.54 Å². The van der Waals surface area contributed by atoms with E-state index in [2.05, 4.69) is 10.6 Å². The number of carbonyl (C=O) groups excluding carboxylic acids is 1. The van der Waals surface area contributed by atoms with Gasteiger partial charge in [0.25, 0.3) is 5.91 Å². The second-order valence-electron chi connectivity index (χ2n) is 4.27. The summed E-state index contributed by atoms with van der Waals surface area (Å²) in [4.78, 5) is 12.2. The molecule has 0 fully saturated rings. The van der Waals surface area contributed by atoms with Crippen LogP contribution in [0.25, 0.3) is 0 Å². The van der Waals surface area contributed by atoms with Crippen molar-refractivity contribution in [2.24, 2.45) is 0 Å². The third-order valence-corrected chi connectivity index (χ3v) is 4.30. The first-order valence-electron chi connectivity index (χ1n) is 6.23. The van der Waals surface area contributed by atoms with Crippen molar-refractivity contribution in [3.8, 4) is 5.75 Å². The van der Waals surface area contributed by atoms with Crippen molar-refractivity contribution < 1.29 is 9.53 Å². The number of hydrogen-bond acceptors (Lipinski definition) is 5. The molecular formula is C14H16ClN3O2S. The molecule has 4 N–H and O–H groups in total. The first kappa shape index (κ1) is 15.5. The molecule has 5 nitrogen and oxygen atoms in total. The van der Waals surface area contributed by atoms with Crippen LogP contribution in [-0.2, 0) is 6.54 Å². The number of nitrogens with two attached hydrogens (primary N) is 1. The summed E-state index contributed by atoms with van der Waals surface area (Å²) in [5.41, 5.74) is 7.36. The van der Waals surface area contributed by atoms with Crippen molar-refractivity contribution in [1.82, 2.24) is 5.32 Å². The molecule has 0 spiro atoms. The van der Waals surface area contributed by atoms with Crippen LogP contribution in [0.3, 0.4) is 0 Å². The Morgan fingerprint density at radius 2 is 2.05 bits per heavy atom. The van der Waals surface area contributed by atoms with Crippen LogP contribution >= 0.6 is 22.9 Å². The minimum absolute atomic E-state index is 0.227. The number of ether oxygens (including phenoxy) is 1. The van der Waals surface area contributed by atoms with Crippen molar-refractivity contribution in [2.75, 3.05) is 25.2 Å². The lowest BCUT2D eigenvalue weighted by atomic mass is 10.2. The van der Waals surface area contributed by atoms with E-state index in [1.807, 2.05) is 24.3 Å². The van der Waals surface area contributed by atoms with E-state index in [9.17, 15) is 4.79 Å². The first-order valence-corrected chi connectivity index (χ1v) is 7.43. The molecular weight excluding hydrogens is 310 g/mol. The number of rotatable bonds is 5. The lowest BCUT2D eigenvalue weighted by Crippen LogP contribution is -2.17. The van der Waals surface area contributed by atoms with Crippen LogP contribution < -0.4 is 21.1 Å². The van der Waals surface area contributed by atoms with E-state index in [0.29, 0.717) is 27.9 Å². The molecule has 0 radical (unpaired) electrons. The topological polar surface area (TPSA) is 76.4 Å². The summed E-state index contributed by atoms with van der Waals surface area (Å²) in [6.07, 6.45) is 0. The standard InChI is InChI=1S/C14H16ClN3O2S/c1-17-13(19)12-10(16)11(20-2)14(21-12)18-7-8-3-5-9(15)6-4-8/h3-6,18H,7,16H2,1-2H3,(H,17,19). The molecule has 0 aliphatic carbocycles. The van der Waals surface area contributed by atoms with Gasteiger partial charge in [0.2, 0.25) is 0 Å². The Hall–Kier alpha value is -1.92. The maximum atomic E-state index is 11.7. The fourth-order valence-corrected chi connectivity index (χ4v) is 2.97. The van der Waals surface area contributed by atoms with E-state index in [0.717, 1.165) is 10.6 Å². The predicted molar refractivity (Wildman–Crippen MR) is 87.5 cm³/mol. The number of nitrogens with one attached hydrogen (secondary N) is 2. The second-order valence-corrected chi connectivity index (χ2v) is 5.72. The monoisotopic (exact) mass is 325 g/mol. The van der Waals surface area contributed by atoms with E-state index in [1.165, 1.54) is 18.4 Å². The number of halogens is 1. The number of anilines is 2. The minimum atomic E-state index is -0.227. The Morgan fingerprint density at radius 3 is 2.62 bits per heavy atom. The molecule has 0 saturated heterocycles. The molecule has 1 heterocycles. The minimum Gasteiger partial charge on any atom is -0.492 e. The molecule has 112 valence electrons. The van der Waals surface area contributed by atoms with Crippen LogP contribution in [0.1, 0.15) is 15.2 Å².